The van der Waals surface area contributed by atoms with Crippen LogP contribution >= 0.6 is 0 Å². The summed E-state index contributed by atoms with van der Waals surface area (Å²) in [6.45, 7) is 4.33. The van der Waals surface area contributed by atoms with E-state index in [-0.39, 0.29) is 6.61 Å². The summed E-state index contributed by atoms with van der Waals surface area (Å²) >= 11 is 0. The van der Waals surface area contributed by atoms with E-state index in [0.717, 1.165) is 12.0 Å². The Kier molecular flexibility index (Phi) is 2.30. The van der Waals surface area contributed by atoms with Crippen molar-refractivity contribution in [3.8, 4) is 11.1 Å². The fourth-order valence-corrected chi connectivity index (χ4v) is 2.72. The highest BCUT2D eigenvalue weighted by molar-refractivity contribution is 5.78. The van der Waals surface area contributed by atoms with Gasteiger partial charge in [0.1, 0.15) is 0 Å². The average molecular weight is 224 g/mol. The topological polar surface area (TPSA) is 20.2 Å². The standard InChI is InChI=1S/C16H16O/c1-10-3-4-15-12(5-10)7-13-6-11(2)14(9-17)8-16(13)15/h3-6,8,17H,7,9H2,1-2H3. The van der Waals surface area contributed by atoms with Crippen LogP contribution in [0.25, 0.3) is 11.1 Å². The Morgan fingerprint density at radius 2 is 1.76 bits per heavy atom. The molecule has 0 atom stereocenters. The van der Waals surface area contributed by atoms with Gasteiger partial charge in [0.05, 0.1) is 6.61 Å². The lowest BCUT2D eigenvalue weighted by atomic mass is 9.99. The van der Waals surface area contributed by atoms with Crippen molar-refractivity contribution >= 4 is 0 Å². The van der Waals surface area contributed by atoms with Crippen LogP contribution in [0, 0.1) is 13.8 Å². The van der Waals surface area contributed by atoms with Crippen molar-refractivity contribution in [2.75, 3.05) is 0 Å². The van der Waals surface area contributed by atoms with Gasteiger partial charge in [0.15, 0.2) is 0 Å². The molecule has 0 bridgehead atoms. The molecule has 1 aliphatic rings. The third kappa shape index (κ3) is 1.58. The summed E-state index contributed by atoms with van der Waals surface area (Å²) in [6.07, 6.45) is 1.03. The zero-order valence-corrected chi connectivity index (χ0v) is 10.2. The molecule has 86 valence electrons. The summed E-state index contributed by atoms with van der Waals surface area (Å²) in [5, 5.41) is 9.34. The van der Waals surface area contributed by atoms with Gasteiger partial charge >= 0.3 is 0 Å². The zero-order chi connectivity index (χ0) is 12.0. The summed E-state index contributed by atoms with van der Waals surface area (Å²) in [7, 11) is 0. The second kappa shape index (κ2) is 3.71. The minimum Gasteiger partial charge on any atom is -0.392 e. The highest BCUT2D eigenvalue weighted by Gasteiger charge is 2.19. The van der Waals surface area contributed by atoms with Crippen molar-refractivity contribution in [1.29, 1.82) is 0 Å². The van der Waals surface area contributed by atoms with Gasteiger partial charge < -0.3 is 5.11 Å². The van der Waals surface area contributed by atoms with Crippen LogP contribution in [0.2, 0.25) is 0 Å². The number of benzene rings is 2. The minimum atomic E-state index is 0.125. The van der Waals surface area contributed by atoms with Gasteiger partial charge in [0.25, 0.3) is 0 Å². The number of aliphatic hydroxyl groups excluding tert-OH is 1. The lowest BCUT2D eigenvalue weighted by Gasteiger charge is -2.07. The zero-order valence-electron chi connectivity index (χ0n) is 10.2. The number of hydrogen-bond acceptors (Lipinski definition) is 1. The summed E-state index contributed by atoms with van der Waals surface area (Å²) in [6, 6.07) is 11.0. The average Bonchev–Trinajstić information content (AvgIpc) is 2.63. The minimum absolute atomic E-state index is 0.125. The van der Waals surface area contributed by atoms with Crippen LogP contribution in [0.15, 0.2) is 30.3 Å². The van der Waals surface area contributed by atoms with E-state index in [1.807, 2.05) is 0 Å². The van der Waals surface area contributed by atoms with E-state index < -0.39 is 0 Å². The molecule has 0 unspecified atom stereocenters. The molecule has 0 radical (unpaired) electrons. The monoisotopic (exact) mass is 224 g/mol. The molecule has 3 rings (SSSR count). The normalized spacial score (nSPS) is 12.4. The fourth-order valence-electron chi connectivity index (χ4n) is 2.72. The fraction of sp³-hybridized carbons (Fsp3) is 0.250. The first-order chi connectivity index (χ1) is 8.19. The molecule has 0 saturated heterocycles. The molecule has 0 heterocycles. The number of aryl methyl sites for hydroxylation is 2. The highest BCUT2D eigenvalue weighted by atomic mass is 16.3. The van der Waals surface area contributed by atoms with Crippen molar-refractivity contribution in [2.45, 2.75) is 26.9 Å². The van der Waals surface area contributed by atoms with Crippen LogP contribution in [0.1, 0.15) is 27.8 Å². The van der Waals surface area contributed by atoms with Crippen LogP contribution in [0.3, 0.4) is 0 Å². The third-order valence-electron chi connectivity index (χ3n) is 3.66. The van der Waals surface area contributed by atoms with Crippen LogP contribution in [0.5, 0.6) is 0 Å². The van der Waals surface area contributed by atoms with E-state index in [2.05, 4.69) is 44.2 Å². The van der Waals surface area contributed by atoms with Gasteiger partial charge in [0, 0.05) is 0 Å². The maximum absolute atomic E-state index is 9.34. The Hall–Kier alpha value is -1.60. The van der Waals surface area contributed by atoms with Gasteiger partial charge in [-0.3, -0.25) is 0 Å². The van der Waals surface area contributed by atoms with Gasteiger partial charge in [0.2, 0.25) is 0 Å². The van der Waals surface area contributed by atoms with Gasteiger partial charge in [-0.1, -0.05) is 29.8 Å². The lowest BCUT2D eigenvalue weighted by molar-refractivity contribution is 0.281. The molecule has 0 aromatic heterocycles. The Labute approximate surface area is 102 Å². The van der Waals surface area contributed by atoms with E-state index in [0.29, 0.717) is 0 Å². The second-order valence-electron chi connectivity index (χ2n) is 4.93. The van der Waals surface area contributed by atoms with Crippen molar-refractivity contribution in [3.63, 3.8) is 0 Å². The molecule has 0 fully saturated rings. The first-order valence-electron chi connectivity index (χ1n) is 6.02. The maximum Gasteiger partial charge on any atom is 0.0684 e. The van der Waals surface area contributed by atoms with E-state index in [1.165, 1.54) is 33.4 Å². The lowest BCUT2D eigenvalue weighted by Crippen LogP contribution is -1.91. The van der Waals surface area contributed by atoms with Crippen molar-refractivity contribution in [3.05, 3.63) is 58.1 Å². The van der Waals surface area contributed by atoms with E-state index in [4.69, 9.17) is 0 Å². The smallest absolute Gasteiger partial charge is 0.0684 e. The Balaban J connectivity index is 2.21. The van der Waals surface area contributed by atoms with Crippen LogP contribution in [-0.4, -0.2) is 5.11 Å². The quantitative estimate of drug-likeness (QED) is 0.672. The second-order valence-corrected chi connectivity index (χ2v) is 4.93. The molecule has 0 amide bonds. The molecule has 1 aliphatic carbocycles. The number of aliphatic hydroxyl groups is 1. The molecule has 1 N–H and O–H groups in total. The molecular formula is C16H16O. The summed E-state index contributed by atoms with van der Waals surface area (Å²) in [4.78, 5) is 0. The third-order valence-corrected chi connectivity index (χ3v) is 3.66. The Morgan fingerprint density at radius 3 is 2.53 bits per heavy atom. The van der Waals surface area contributed by atoms with Gasteiger partial charge in [-0.2, -0.15) is 0 Å². The maximum atomic E-state index is 9.34. The first kappa shape index (κ1) is 10.5. The molecule has 0 spiro atoms. The first-order valence-corrected chi connectivity index (χ1v) is 6.02. The summed E-state index contributed by atoms with van der Waals surface area (Å²) in [5.41, 5.74) is 8.98. The van der Waals surface area contributed by atoms with Crippen molar-refractivity contribution in [2.24, 2.45) is 0 Å². The van der Waals surface area contributed by atoms with E-state index >= 15 is 0 Å². The molecule has 0 aliphatic heterocycles. The van der Waals surface area contributed by atoms with Crippen LogP contribution < -0.4 is 0 Å². The number of rotatable bonds is 1. The van der Waals surface area contributed by atoms with E-state index in [1.54, 1.807) is 0 Å². The SMILES string of the molecule is Cc1ccc2c(c1)Cc1cc(C)c(CO)cc1-2. The largest absolute Gasteiger partial charge is 0.392 e. The summed E-state index contributed by atoms with van der Waals surface area (Å²) < 4.78 is 0. The molecule has 2 aromatic carbocycles. The van der Waals surface area contributed by atoms with Gasteiger partial charge in [-0.05, 0) is 59.7 Å². The Morgan fingerprint density at radius 1 is 1.00 bits per heavy atom. The van der Waals surface area contributed by atoms with Crippen LogP contribution in [-0.2, 0) is 13.0 Å². The Bertz CT molecular complexity index is 597. The van der Waals surface area contributed by atoms with Gasteiger partial charge in [-0.15, -0.1) is 0 Å². The molecule has 0 saturated carbocycles. The number of fused-ring (bicyclic) bond motifs is 3. The summed E-state index contributed by atoms with van der Waals surface area (Å²) in [5.74, 6) is 0. The van der Waals surface area contributed by atoms with Gasteiger partial charge in [-0.25, -0.2) is 0 Å². The van der Waals surface area contributed by atoms with Crippen LogP contribution in [0.4, 0.5) is 0 Å². The molecule has 1 heteroatoms. The van der Waals surface area contributed by atoms with Crippen molar-refractivity contribution < 1.29 is 5.11 Å². The predicted octanol–water partition coefficient (Wildman–Crippen LogP) is 3.37. The highest BCUT2D eigenvalue weighted by Crippen LogP contribution is 2.38. The molecule has 17 heavy (non-hydrogen) atoms. The predicted molar refractivity (Wildman–Crippen MR) is 70.1 cm³/mol. The van der Waals surface area contributed by atoms with E-state index in [9.17, 15) is 5.11 Å². The number of hydrogen-bond donors (Lipinski definition) is 1. The molecule has 1 nitrogen and oxygen atoms in total. The van der Waals surface area contributed by atoms with Crippen molar-refractivity contribution in [1.82, 2.24) is 0 Å². The molecular weight excluding hydrogens is 208 g/mol. The molecule has 2 aromatic rings.